The molecule has 0 saturated heterocycles. The van der Waals surface area contributed by atoms with Gasteiger partial charge in [-0.25, -0.2) is 0 Å². The van der Waals surface area contributed by atoms with Crippen LogP contribution in [0.5, 0.6) is 0 Å². The number of rotatable bonds is 3. The fourth-order valence-electron chi connectivity index (χ4n) is 1.59. The molecule has 0 unspecified atom stereocenters. The van der Waals surface area contributed by atoms with Gasteiger partial charge in [0.2, 0.25) is 0 Å². The SMILES string of the molecule is Cc1ccc(/C=C/c2ccc(C[O-])cc2)cc1. The first-order chi connectivity index (χ1) is 8.28. The van der Waals surface area contributed by atoms with E-state index < -0.39 is 0 Å². The molecule has 0 aliphatic carbocycles. The Kier molecular flexibility index (Phi) is 3.73. The quantitative estimate of drug-likeness (QED) is 0.733. The third kappa shape index (κ3) is 3.30. The average molecular weight is 223 g/mol. The van der Waals surface area contributed by atoms with Gasteiger partial charge in [0.1, 0.15) is 0 Å². The molecular formula is C16H15O-. The topological polar surface area (TPSA) is 23.1 Å². The maximum atomic E-state index is 10.6. The van der Waals surface area contributed by atoms with E-state index in [0.29, 0.717) is 0 Å². The van der Waals surface area contributed by atoms with Crippen LogP contribution >= 0.6 is 0 Å². The molecule has 0 radical (unpaired) electrons. The van der Waals surface area contributed by atoms with Gasteiger partial charge in [-0.3, -0.25) is 0 Å². The molecule has 1 heteroatoms. The lowest BCUT2D eigenvalue weighted by Gasteiger charge is -2.03. The highest BCUT2D eigenvalue weighted by Crippen LogP contribution is 2.10. The summed E-state index contributed by atoms with van der Waals surface area (Å²) in [5, 5.41) is 10.6. The summed E-state index contributed by atoms with van der Waals surface area (Å²) in [5.41, 5.74) is 4.39. The highest BCUT2D eigenvalue weighted by Gasteiger charge is 1.89. The van der Waals surface area contributed by atoms with Gasteiger partial charge in [0.15, 0.2) is 0 Å². The summed E-state index contributed by atoms with van der Waals surface area (Å²) in [4.78, 5) is 0. The van der Waals surface area contributed by atoms with E-state index in [4.69, 9.17) is 0 Å². The fraction of sp³-hybridized carbons (Fsp3) is 0.125. The molecule has 0 bridgehead atoms. The number of hydrogen-bond acceptors (Lipinski definition) is 1. The Labute approximate surface area is 102 Å². The summed E-state index contributed by atoms with van der Waals surface area (Å²) in [6, 6.07) is 16.1. The van der Waals surface area contributed by atoms with Crippen molar-refractivity contribution in [2.45, 2.75) is 13.5 Å². The van der Waals surface area contributed by atoms with Gasteiger partial charge in [-0.1, -0.05) is 71.8 Å². The molecule has 0 atom stereocenters. The van der Waals surface area contributed by atoms with Gasteiger partial charge in [0, 0.05) is 0 Å². The molecule has 0 aliphatic rings. The van der Waals surface area contributed by atoms with Gasteiger partial charge in [0.25, 0.3) is 0 Å². The molecule has 0 spiro atoms. The van der Waals surface area contributed by atoms with Gasteiger partial charge < -0.3 is 5.11 Å². The highest BCUT2D eigenvalue weighted by atomic mass is 16.3. The van der Waals surface area contributed by atoms with E-state index in [1.165, 1.54) is 11.1 Å². The first-order valence-electron chi connectivity index (χ1n) is 5.70. The minimum absolute atomic E-state index is 0.151. The van der Waals surface area contributed by atoms with E-state index in [0.717, 1.165) is 11.1 Å². The second-order valence-electron chi connectivity index (χ2n) is 4.13. The first-order valence-corrected chi connectivity index (χ1v) is 5.70. The summed E-state index contributed by atoms with van der Waals surface area (Å²) >= 11 is 0. The Bertz CT molecular complexity index is 492. The minimum atomic E-state index is -0.151. The lowest BCUT2D eigenvalue weighted by molar-refractivity contribution is -0.386. The average Bonchev–Trinajstić information content (AvgIpc) is 2.39. The molecule has 2 rings (SSSR count). The zero-order valence-electron chi connectivity index (χ0n) is 9.89. The zero-order valence-corrected chi connectivity index (χ0v) is 9.89. The van der Waals surface area contributed by atoms with Gasteiger partial charge in [-0.05, 0) is 18.1 Å². The lowest BCUT2D eigenvalue weighted by Crippen LogP contribution is -2.01. The van der Waals surface area contributed by atoms with Crippen molar-refractivity contribution in [1.29, 1.82) is 0 Å². The van der Waals surface area contributed by atoms with Crippen molar-refractivity contribution in [3.05, 3.63) is 70.8 Å². The third-order valence-corrected chi connectivity index (χ3v) is 2.69. The number of benzene rings is 2. The highest BCUT2D eigenvalue weighted by molar-refractivity contribution is 5.69. The minimum Gasteiger partial charge on any atom is -0.851 e. The van der Waals surface area contributed by atoms with E-state index in [1.54, 1.807) is 0 Å². The molecule has 86 valence electrons. The fourth-order valence-corrected chi connectivity index (χ4v) is 1.59. The van der Waals surface area contributed by atoms with E-state index >= 15 is 0 Å². The molecule has 0 N–H and O–H groups in total. The van der Waals surface area contributed by atoms with Crippen LogP contribution in [-0.4, -0.2) is 0 Å². The van der Waals surface area contributed by atoms with Crippen molar-refractivity contribution in [2.24, 2.45) is 0 Å². The summed E-state index contributed by atoms with van der Waals surface area (Å²) in [5.74, 6) is 0. The Balaban J connectivity index is 2.11. The van der Waals surface area contributed by atoms with E-state index in [1.807, 2.05) is 24.3 Å². The van der Waals surface area contributed by atoms with Crippen LogP contribution in [-0.2, 0) is 6.61 Å². The van der Waals surface area contributed by atoms with Crippen LogP contribution in [0.1, 0.15) is 22.3 Å². The van der Waals surface area contributed by atoms with Gasteiger partial charge in [-0.2, -0.15) is 0 Å². The molecule has 0 aromatic heterocycles. The van der Waals surface area contributed by atoms with Crippen LogP contribution in [0.15, 0.2) is 48.5 Å². The summed E-state index contributed by atoms with van der Waals surface area (Å²) in [7, 11) is 0. The molecule has 2 aromatic carbocycles. The monoisotopic (exact) mass is 223 g/mol. The van der Waals surface area contributed by atoms with Gasteiger partial charge in [-0.15, -0.1) is 6.61 Å². The summed E-state index contributed by atoms with van der Waals surface area (Å²) in [6.45, 7) is 1.93. The van der Waals surface area contributed by atoms with Crippen molar-refractivity contribution < 1.29 is 5.11 Å². The molecule has 0 heterocycles. The van der Waals surface area contributed by atoms with Gasteiger partial charge in [0.05, 0.1) is 0 Å². The van der Waals surface area contributed by atoms with Crippen LogP contribution in [0.4, 0.5) is 0 Å². The Morgan fingerprint density at radius 1 is 0.824 bits per heavy atom. The first kappa shape index (κ1) is 11.6. The van der Waals surface area contributed by atoms with Crippen molar-refractivity contribution >= 4 is 12.2 Å². The predicted octanol–water partition coefficient (Wildman–Crippen LogP) is 3.03. The zero-order chi connectivity index (χ0) is 12.1. The normalized spacial score (nSPS) is 10.9. The van der Waals surface area contributed by atoms with Gasteiger partial charge >= 0.3 is 0 Å². The second kappa shape index (κ2) is 5.46. The van der Waals surface area contributed by atoms with Crippen molar-refractivity contribution in [1.82, 2.24) is 0 Å². The van der Waals surface area contributed by atoms with Crippen molar-refractivity contribution in [3.8, 4) is 0 Å². The largest absolute Gasteiger partial charge is 0.851 e. The molecule has 17 heavy (non-hydrogen) atoms. The van der Waals surface area contributed by atoms with Crippen molar-refractivity contribution in [3.63, 3.8) is 0 Å². The molecule has 0 fully saturated rings. The van der Waals surface area contributed by atoms with E-state index in [2.05, 4.69) is 43.3 Å². The van der Waals surface area contributed by atoms with Crippen molar-refractivity contribution in [2.75, 3.05) is 0 Å². The molecule has 2 aromatic rings. The van der Waals surface area contributed by atoms with Crippen LogP contribution in [0.3, 0.4) is 0 Å². The van der Waals surface area contributed by atoms with Crippen LogP contribution in [0.2, 0.25) is 0 Å². The molecule has 0 aliphatic heterocycles. The number of aryl methyl sites for hydroxylation is 1. The second-order valence-corrected chi connectivity index (χ2v) is 4.13. The van der Waals surface area contributed by atoms with E-state index in [-0.39, 0.29) is 6.61 Å². The van der Waals surface area contributed by atoms with Crippen LogP contribution in [0, 0.1) is 6.92 Å². The maximum absolute atomic E-state index is 10.6. The molecule has 0 amide bonds. The number of hydrogen-bond donors (Lipinski definition) is 0. The maximum Gasteiger partial charge on any atom is -0.0256 e. The summed E-state index contributed by atoms with van der Waals surface area (Å²) in [6.07, 6.45) is 4.13. The Morgan fingerprint density at radius 2 is 1.29 bits per heavy atom. The van der Waals surface area contributed by atoms with Crippen LogP contribution < -0.4 is 5.11 Å². The molecule has 0 saturated carbocycles. The van der Waals surface area contributed by atoms with E-state index in [9.17, 15) is 5.11 Å². The third-order valence-electron chi connectivity index (χ3n) is 2.69. The predicted molar refractivity (Wildman–Crippen MR) is 70.3 cm³/mol. The Morgan fingerprint density at radius 3 is 1.76 bits per heavy atom. The Hall–Kier alpha value is -1.86. The summed E-state index contributed by atoms with van der Waals surface area (Å²) < 4.78 is 0. The standard InChI is InChI=1S/C16H15O/c1-13-2-4-14(5-3-13)6-7-15-8-10-16(12-17)11-9-15/h2-11H,12H2,1H3/q-1/b7-6+. The smallest absolute Gasteiger partial charge is 0.0256 e. The van der Waals surface area contributed by atoms with Crippen LogP contribution in [0.25, 0.3) is 12.2 Å². The molecular weight excluding hydrogens is 208 g/mol. The molecule has 1 nitrogen and oxygen atoms in total. The lowest BCUT2D eigenvalue weighted by atomic mass is 10.1.